The first-order valence-corrected chi connectivity index (χ1v) is 5.78. The maximum Gasteiger partial charge on any atom is 0.260 e. The molecule has 0 aliphatic carbocycles. The van der Waals surface area contributed by atoms with Crippen molar-refractivity contribution in [1.82, 2.24) is 4.90 Å². The van der Waals surface area contributed by atoms with Crippen LogP contribution in [0.4, 0.5) is 0 Å². The van der Waals surface area contributed by atoms with Gasteiger partial charge in [0, 0.05) is 13.1 Å². The van der Waals surface area contributed by atoms with Crippen molar-refractivity contribution in [2.75, 3.05) is 19.7 Å². The van der Waals surface area contributed by atoms with Gasteiger partial charge in [-0.3, -0.25) is 4.79 Å². The molecular formula is C13H14N2O3. The summed E-state index contributed by atoms with van der Waals surface area (Å²) in [6, 6.07) is 8.79. The SMILES string of the molecule is N#Cc1ccccc1OCC(=O)N1CC[C@@H](O)C1. The van der Waals surface area contributed by atoms with E-state index in [4.69, 9.17) is 10.00 Å². The Kier molecular flexibility index (Phi) is 3.80. The first-order valence-electron chi connectivity index (χ1n) is 5.78. The number of rotatable bonds is 3. The highest BCUT2D eigenvalue weighted by Crippen LogP contribution is 2.17. The summed E-state index contributed by atoms with van der Waals surface area (Å²) in [4.78, 5) is 13.3. The molecule has 1 aliphatic heterocycles. The number of aliphatic hydroxyl groups excluding tert-OH is 1. The Morgan fingerprint density at radius 1 is 1.56 bits per heavy atom. The summed E-state index contributed by atoms with van der Waals surface area (Å²) in [6.07, 6.45) is 0.181. The highest BCUT2D eigenvalue weighted by Gasteiger charge is 2.24. The second-order valence-electron chi connectivity index (χ2n) is 4.18. The van der Waals surface area contributed by atoms with Crippen LogP contribution in [0.25, 0.3) is 0 Å². The molecule has 0 radical (unpaired) electrons. The van der Waals surface area contributed by atoms with Crippen LogP contribution >= 0.6 is 0 Å². The minimum absolute atomic E-state index is 0.106. The summed E-state index contributed by atoms with van der Waals surface area (Å²) < 4.78 is 5.34. The third-order valence-corrected chi connectivity index (χ3v) is 2.87. The van der Waals surface area contributed by atoms with Crippen LogP contribution in [0.15, 0.2) is 24.3 Å². The van der Waals surface area contributed by atoms with Crippen LogP contribution in [0.1, 0.15) is 12.0 Å². The lowest BCUT2D eigenvalue weighted by Crippen LogP contribution is -2.33. The Balaban J connectivity index is 1.92. The molecule has 1 N–H and O–H groups in total. The van der Waals surface area contributed by atoms with Gasteiger partial charge in [0.1, 0.15) is 11.8 Å². The Hall–Kier alpha value is -2.06. The van der Waals surface area contributed by atoms with E-state index < -0.39 is 6.10 Å². The molecule has 0 saturated carbocycles. The Morgan fingerprint density at radius 3 is 3.00 bits per heavy atom. The number of benzene rings is 1. The molecule has 94 valence electrons. The summed E-state index contributed by atoms with van der Waals surface area (Å²) >= 11 is 0. The van der Waals surface area contributed by atoms with E-state index in [0.717, 1.165) is 0 Å². The fourth-order valence-electron chi connectivity index (χ4n) is 1.88. The molecule has 1 aliphatic rings. The van der Waals surface area contributed by atoms with Crippen LogP contribution in [-0.4, -0.2) is 41.7 Å². The summed E-state index contributed by atoms with van der Waals surface area (Å²) in [6.45, 7) is 0.816. The van der Waals surface area contributed by atoms with Gasteiger partial charge < -0.3 is 14.7 Å². The second-order valence-corrected chi connectivity index (χ2v) is 4.18. The van der Waals surface area contributed by atoms with Gasteiger partial charge in [-0.05, 0) is 18.6 Å². The monoisotopic (exact) mass is 246 g/mol. The van der Waals surface area contributed by atoms with Crippen molar-refractivity contribution in [2.24, 2.45) is 0 Å². The molecular weight excluding hydrogens is 232 g/mol. The molecule has 1 aromatic carbocycles. The van der Waals surface area contributed by atoms with Crippen molar-refractivity contribution in [3.05, 3.63) is 29.8 Å². The summed E-state index contributed by atoms with van der Waals surface area (Å²) in [7, 11) is 0. The minimum Gasteiger partial charge on any atom is -0.482 e. The molecule has 1 heterocycles. The third-order valence-electron chi connectivity index (χ3n) is 2.87. The minimum atomic E-state index is -0.430. The number of β-amino-alcohol motifs (C(OH)–C–C–N with tert-alkyl or cyclic N) is 1. The van der Waals surface area contributed by atoms with Crippen LogP contribution in [-0.2, 0) is 4.79 Å². The van der Waals surface area contributed by atoms with Crippen molar-refractivity contribution in [3.8, 4) is 11.8 Å². The second kappa shape index (κ2) is 5.52. The standard InChI is InChI=1S/C13H14N2O3/c14-7-10-3-1-2-4-12(10)18-9-13(17)15-6-5-11(16)8-15/h1-4,11,16H,5-6,8-9H2/t11-/m1/s1. The molecule has 1 aromatic rings. The Labute approximate surface area is 105 Å². The van der Waals surface area contributed by atoms with Gasteiger partial charge in [0.15, 0.2) is 6.61 Å². The van der Waals surface area contributed by atoms with Crippen LogP contribution in [0.5, 0.6) is 5.75 Å². The van der Waals surface area contributed by atoms with Crippen molar-refractivity contribution in [2.45, 2.75) is 12.5 Å². The van der Waals surface area contributed by atoms with Gasteiger partial charge in [-0.1, -0.05) is 12.1 Å². The number of likely N-dealkylation sites (tertiary alicyclic amines) is 1. The molecule has 0 unspecified atom stereocenters. The van der Waals surface area contributed by atoms with Crippen LogP contribution in [0.2, 0.25) is 0 Å². The smallest absolute Gasteiger partial charge is 0.260 e. The van der Waals surface area contributed by atoms with Gasteiger partial charge in [0.2, 0.25) is 0 Å². The van der Waals surface area contributed by atoms with E-state index in [1.807, 2.05) is 6.07 Å². The van der Waals surface area contributed by atoms with Crippen LogP contribution < -0.4 is 4.74 Å². The predicted octanol–water partition coefficient (Wildman–Crippen LogP) is 0.530. The Morgan fingerprint density at radius 2 is 2.33 bits per heavy atom. The van der Waals surface area contributed by atoms with E-state index in [-0.39, 0.29) is 12.5 Å². The maximum atomic E-state index is 11.8. The number of amides is 1. The molecule has 18 heavy (non-hydrogen) atoms. The molecule has 1 saturated heterocycles. The van der Waals surface area contributed by atoms with E-state index in [1.165, 1.54) is 0 Å². The van der Waals surface area contributed by atoms with Crippen LogP contribution in [0.3, 0.4) is 0 Å². The maximum absolute atomic E-state index is 11.8. The number of hydrogen-bond donors (Lipinski definition) is 1. The number of hydrogen-bond acceptors (Lipinski definition) is 4. The lowest BCUT2D eigenvalue weighted by molar-refractivity contribution is -0.132. The number of aliphatic hydroxyl groups is 1. The number of nitriles is 1. The van der Waals surface area contributed by atoms with Crippen molar-refractivity contribution >= 4 is 5.91 Å². The van der Waals surface area contributed by atoms with Gasteiger partial charge in [-0.2, -0.15) is 5.26 Å². The fourth-order valence-corrected chi connectivity index (χ4v) is 1.88. The number of para-hydroxylation sites is 1. The predicted molar refractivity (Wildman–Crippen MR) is 63.9 cm³/mol. The van der Waals surface area contributed by atoms with E-state index in [1.54, 1.807) is 29.2 Å². The normalized spacial score (nSPS) is 18.4. The van der Waals surface area contributed by atoms with E-state index in [9.17, 15) is 9.90 Å². The highest BCUT2D eigenvalue weighted by atomic mass is 16.5. The van der Waals surface area contributed by atoms with Gasteiger partial charge in [0.25, 0.3) is 5.91 Å². The van der Waals surface area contributed by atoms with Gasteiger partial charge in [0.05, 0.1) is 11.7 Å². The lowest BCUT2D eigenvalue weighted by Gasteiger charge is -2.16. The van der Waals surface area contributed by atoms with Crippen molar-refractivity contribution < 1.29 is 14.6 Å². The zero-order valence-electron chi connectivity index (χ0n) is 9.87. The highest BCUT2D eigenvalue weighted by molar-refractivity contribution is 5.78. The quantitative estimate of drug-likeness (QED) is 0.844. The van der Waals surface area contributed by atoms with Crippen molar-refractivity contribution in [1.29, 1.82) is 5.26 Å². The molecule has 0 spiro atoms. The number of carbonyl (C=O) groups excluding carboxylic acids is 1. The van der Waals surface area contributed by atoms with E-state index in [2.05, 4.69) is 0 Å². The summed E-state index contributed by atoms with van der Waals surface area (Å²) in [5.41, 5.74) is 0.409. The van der Waals surface area contributed by atoms with E-state index in [0.29, 0.717) is 30.8 Å². The molecule has 0 aromatic heterocycles. The molecule has 1 amide bonds. The number of nitrogens with zero attached hydrogens (tertiary/aromatic N) is 2. The molecule has 0 bridgehead atoms. The largest absolute Gasteiger partial charge is 0.482 e. The topological polar surface area (TPSA) is 73.6 Å². The van der Waals surface area contributed by atoms with Gasteiger partial charge >= 0.3 is 0 Å². The zero-order valence-corrected chi connectivity index (χ0v) is 9.87. The molecule has 5 heteroatoms. The average Bonchev–Trinajstić information content (AvgIpc) is 2.83. The summed E-state index contributed by atoms with van der Waals surface area (Å²) in [5.74, 6) is 0.243. The third kappa shape index (κ3) is 2.79. The first kappa shape index (κ1) is 12.4. The molecule has 1 fully saturated rings. The van der Waals surface area contributed by atoms with Crippen LogP contribution in [0, 0.1) is 11.3 Å². The van der Waals surface area contributed by atoms with Gasteiger partial charge in [-0.15, -0.1) is 0 Å². The van der Waals surface area contributed by atoms with E-state index >= 15 is 0 Å². The Bertz CT molecular complexity index is 481. The molecule has 5 nitrogen and oxygen atoms in total. The molecule has 1 atom stereocenters. The number of ether oxygens (including phenoxy) is 1. The fraction of sp³-hybridized carbons (Fsp3) is 0.385. The average molecular weight is 246 g/mol. The lowest BCUT2D eigenvalue weighted by atomic mass is 10.2. The van der Waals surface area contributed by atoms with Crippen molar-refractivity contribution in [3.63, 3.8) is 0 Å². The molecule has 2 rings (SSSR count). The van der Waals surface area contributed by atoms with Gasteiger partial charge in [-0.25, -0.2) is 0 Å². The first-order chi connectivity index (χ1) is 8.70. The number of carbonyl (C=O) groups is 1. The zero-order chi connectivity index (χ0) is 13.0. The summed E-state index contributed by atoms with van der Waals surface area (Å²) in [5, 5.41) is 18.2.